The van der Waals surface area contributed by atoms with Crippen molar-refractivity contribution in [3.05, 3.63) is 0 Å². The third-order valence-electron chi connectivity index (χ3n) is 1.18. The van der Waals surface area contributed by atoms with E-state index in [1.165, 1.54) is 6.92 Å². The van der Waals surface area contributed by atoms with Crippen LogP contribution in [0, 0.1) is 0 Å². The quantitative estimate of drug-likeness (QED) is 0.372. The van der Waals surface area contributed by atoms with Crippen molar-refractivity contribution in [1.29, 1.82) is 0 Å². The molecule has 5 heteroatoms. The van der Waals surface area contributed by atoms with Crippen molar-refractivity contribution < 1.29 is 43.8 Å². The van der Waals surface area contributed by atoms with Gasteiger partial charge in [0, 0.05) is 0 Å². The Labute approximate surface area is 89.7 Å². The summed E-state index contributed by atoms with van der Waals surface area (Å²) in [5.41, 5.74) is 0. The molecular formula is C6H11NaO3P+. The fourth-order valence-corrected chi connectivity index (χ4v) is 1.03. The molecule has 0 aromatic heterocycles. The molecule has 1 atom stereocenters. The van der Waals surface area contributed by atoms with Crippen LogP contribution >= 0.6 is 8.03 Å². The molecule has 0 amide bonds. The molecule has 1 unspecified atom stereocenters. The second-order valence-electron chi connectivity index (χ2n) is 2.95. The van der Waals surface area contributed by atoms with Gasteiger partial charge in [-0.3, -0.25) is 4.79 Å². The van der Waals surface area contributed by atoms with Crippen LogP contribution in [0.15, 0.2) is 0 Å². The maximum Gasteiger partial charge on any atom is 1.00 e. The van der Waals surface area contributed by atoms with Crippen molar-refractivity contribution in [3.8, 4) is 0 Å². The van der Waals surface area contributed by atoms with Gasteiger partial charge in [0.15, 0.2) is 5.16 Å². The van der Waals surface area contributed by atoms with Gasteiger partial charge in [-0.25, -0.2) is 0 Å². The zero-order valence-electron chi connectivity index (χ0n) is 7.38. The number of Topliss-reactive ketones (excluding diaryl/α,β-unsaturated/α-hetero) is 1. The second-order valence-corrected chi connectivity index (χ2v) is 4.67. The SMILES string of the molecule is CC(=O)CC(C)(C)[P+](=O)[O-].[Na+]. The van der Waals surface area contributed by atoms with Crippen LogP contribution in [0.5, 0.6) is 0 Å². The first-order valence-corrected chi connectivity index (χ1v) is 4.18. The molecule has 0 aliphatic heterocycles. The van der Waals surface area contributed by atoms with Crippen LogP contribution in [0.3, 0.4) is 0 Å². The molecule has 0 aromatic carbocycles. The molecule has 0 aliphatic carbocycles. The van der Waals surface area contributed by atoms with Crippen LogP contribution < -0.4 is 34.5 Å². The molecule has 11 heavy (non-hydrogen) atoms. The molecule has 0 N–H and O–H groups in total. The van der Waals surface area contributed by atoms with E-state index in [4.69, 9.17) is 0 Å². The molecule has 0 saturated heterocycles. The zero-order chi connectivity index (χ0) is 8.36. The Morgan fingerprint density at radius 3 is 2.00 bits per heavy atom. The molecule has 0 heterocycles. The Hall–Kier alpha value is 0.730. The summed E-state index contributed by atoms with van der Waals surface area (Å²) in [6.07, 6.45) is 0.103. The summed E-state index contributed by atoms with van der Waals surface area (Å²) in [5.74, 6) is -0.0933. The van der Waals surface area contributed by atoms with Crippen LogP contribution in [-0.4, -0.2) is 10.9 Å². The minimum absolute atomic E-state index is 0. The van der Waals surface area contributed by atoms with Crippen LogP contribution in [0.2, 0.25) is 0 Å². The largest absolute Gasteiger partial charge is 1.00 e. The van der Waals surface area contributed by atoms with Gasteiger partial charge < -0.3 is 4.89 Å². The molecule has 0 bridgehead atoms. The van der Waals surface area contributed by atoms with Gasteiger partial charge in [0.2, 0.25) is 0 Å². The summed E-state index contributed by atoms with van der Waals surface area (Å²) in [7, 11) is -2.50. The number of rotatable bonds is 3. The Bertz CT molecular complexity index is 167. The number of hydrogen-bond donors (Lipinski definition) is 0. The van der Waals surface area contributed by atoms with E-state index in [1.807, 2.05) is 0 Å². The van der Waals surface area contributed by atoms with Crippen molar-refractivity contribution >= 4 is 13.8 Å². The van der Waals surface area contributed by atoms with Gasteiger partial charge in [-0.1, -0.05) is 4.57 Å². The summed E-state index contributed by atoms with van der Waals surface area (Å²) >= 11 is 0. The van der Waals surface area contributed by atoms with E-state index in [9.17, 15) is 14.3 Å². The normalized spacial score (nSPS) is 11.8. The summed E-state index contributed by atoms with van der Waals surface area (Å²) < 4.78 is 10.4. The van der Waals surface area contributed by atoms with Gasteiger partial charge in [-0.2, -0.15) is 0 Å². The predicted octanol–water partition coefficient (Wildman–Crippen LogP) is -2.15. The van der Waals surface area contributed by atoms with Crippen molar-refractivity contribution in [2.75, 3.05) is 0 Å². The molecular weight excluding hydrogens is 174 g/mol. The Balaban J connectivity index is 0. The van der Waals surface area contributed by atoms with E-state index in [1.54, 1.807) is 13.8 Å². The second kappa shape index (κ2) is 5.39. The standard InChI is InChI=1S/C6H11O3P.Na/c1-5(7)4-6(2,3)10(8)9;/h4H2,1-3H3;/q;+1. The van der Waals surface area contributed by atoms with Gasteiger partial charge in [-0.05, 0) is 20.8 Å². The number of hydrogen-bond acceptors (Lipinski definition) is 3. The van der Waals surface area contributed by atoms with E-state index in [2.05, 4.69) is 0 Å². The molecule has 0 saturated carbocycles. The van der Waals surface area contributed by atoms with Crippen LogP contribution in [-0.2, 0) is 9.36 Å². The van der Waals surface area contributed by atoms with E-state index >= 15 is 0 Å². The van der Waals surface area contributed by atoms with Crippen LogP contribution in [0.4, 0.5) is 0 Å². The molecule has 58 valence electrons. The van der Waals surface area contributed by atoms with E-state index < -0.39 is 13.2 Å². The molecule has 0 radical (unpaired) electrons. The smallest absolute Gasteiger partial charge is 0.595 e. The van der Waals surface area contributed by atoms with Gasteiger partial charge in [-0.15, -0.1) is 0 Å². The van der Waals surface area contributed by atoms with E-state index in [0.717, 1.165) is 0 Å². The summed E-state index contributed by atoms with van der Waals surface area (Å²) in [4.78, 5) is 20.9. The van der Waals surface area contributed by atoms with Crippen LogP contribution in [0.1, 0.15) is 27.2 Å². The maximum absolute atomic E-state index is 10.5. The van der Waals surface area contributed by atoms with Gasteiger partial charge in [0.05, 0.1) is 6.42 Å². The summed E-state index contributed by atoms with van der Waals surface area (Å²) in [6, 6.07) is 0. The van der Waals surface area contributed by atoms with Crippen molar-refractivity contribution in [2.24, 2.45) is 0 Å². The molecule has 0 spiro atoms. The van der Waals surface area contributed by atoms with E-state index in [-0.39, 0.29) is 41.8 Å². The third-order valence-corrected chi connectivity index (χ3v) is 2.32. The number of carbonyl (C=O) groups is 1. The zero-order valence-corrected chi connectivity index (χ0v) is 10.3. The minimum Gasteiger partial charge on any atom is -0.595 e. The molecule has 0 fully saturated rings. The molecule has 0 aromatic rings. The van der Waals surface area contributed by atoms with Gasteiger partial charge >= 0.3 is 37.6 Å². The van der Waals surface area contributed by atoms with Gasteiger partial charge in [0.25, 0.3) is 0 Å². The van der Waals surface area contributed by atoms with Crippen molar-refractivity contribution in [2.45, 2.75) is 32.3 Å². The number of ketones is 1. The first-order valence-electron chi connectivity index (χ1n) is 3.00. The third kappa shape index (κ3) is 5.94. The first-order chi connectivity index (χ1) is 4.36. The first kappa shape index (κ1) is 14.3. The monoisotopic (exact) mass is 185 g/mol. The molecule has 3 nitrogen and oxygen atoms in total. The topological polar surface area (TPSA) is 57.2 Å². The average Bonchev–Trinajstić information content (AvgIpc) is 1.60. The predicted molar refractivity (Wildman–Crippen MR) is 37.0 cm³/mol. The van der Waals surface area contributed by atoms with Crippen molar-refractivity contribution in [3.63, 3.8) is 0 Å². The fourth-order valence-electron chi connectivity index (χ4n) is 0.674. The fraction of sp³-hybridized carbons (Fsp3) is 0.833. The van der Waals surface area contributed by atoms with E-state index in [0.29, 0.717) is 0 Å². The average molecular weight is 185 g/mol. The van der Waals surface area contributed by atoms with Gasteiger partial charge in [0.1, 0.15) is 5.78 Å². The Morgan fingerprint density at radius 1 is 1.55 bits per heavy atom. The maximum atomic E-state index is 10.5. The molecule has 0 rings (SSSR count). The summed E-state index contributed by atoms with van der Waals surface area (Å²) in [6.45, 7) is 4.47. The van der Waals surface area contributed by atoms with Crippen LogP contribution in [0.25, 0.3) is 0 Å². The molecule has 0 aliphatic rings. The minimum atomic E-state index is -2.50. The summed E-state index contributed by atoms with van der Waals surface area (Å²) in [5, 5.41) is -0.874. The Kier molecular flexibility index (Phi) is 6.99. The van der Waals surface area contributed by atoms with Crippen molar-refractivity contribution in [1.82, 2.24) is 0 Å². The Morgan fingerprint density at radius 2 is 1.91 bits per heavy atom. The number of carbonyl (C=O) groups excluding carboxylic acids is 1.